The Bertz CT molecular complexity index is 920. The van der Waals surface area contributed by atoms with Crippen LogP contribution < -0.4 is 10.1 Å². The van der Waals surface area contributed by atoms with Gasteiger partial charge in [-0.15, -0.1) is 11.3 Å². The van der Waals surface area contributed by atoms with Crippen LogP contribution in [0.15, 0.2) is 18.2 Å². The van der Waals surface area contributed by atoms with E-state index in [0.29, 0.717) is 17.9 Å². The molecule has 2 saturated carbocycles. The molecule has 0 radical (unpaired) electrons. The second-order valence-corrected chi connectivity index (χ2v) is 9.92. The summed E-state index contributed by atoms with van der Waals surface area (Å²) < 4.78 is 6.86. The van der Waals surface area contributed by atoms with Crippen LogP contribution in [0.2, 0.25) is 0 Å². The highest BCUT2D eigenvalue weighted by atomic mass is 32.1. The molecule has 142 valence electrons. The number of benzene rings is 1. The van der Waals surface area contributed by atoms with Crippen molar-refractivity contribution in [2.75, 3.05) is 20.2 Å². The molecule has 5 fully saturated rings. The van der Waals surface area contributed by atoms with Crippen LogP contribution >= 0.6 is 11.3 Å². The Hall–Kier alpha value is -1.59. The SMILES string of the molecule is COc1ccc2cc(C(=O)N[C@@H]3C4CCN(CC4)C34CC4)sc2c1C1CC1. The van der Waals surface area contributed by atoms with Gasteiger partial charge in [0.2, 0.25) is 0 Å². The maximum absolute atomic E-state index is 13.2. The van der Waals surface area contributed by atoms with Gasteiger partial charge in [-0.1, -0.05) is 0 Å². The fourth-order valence-electron chi connectivity index (χ4n) is 5.69. The van der Waals surface area contributed by atoms with Crippen molar-refractivity contribution in [3.8, 4) is 5.75 Å². The molecule has 27 heavy (non-hydrogen) atoms. The molecule has 0 unspecified atom stereocenters. The average molecular weight is 383 g/mol. The number of thiophene rings is 1. The first-order valence-electron chi connectivity index (χ1n) is 10.4. The van der Waals surface area contributed by atoms with Crippen LogP contribution in [0.5, 0.6) is 5.75 Å². The van der Waals surface area contributed by atoms with Gasteiger partial charge in [0, 0.05) is 15.8 Å². The topological polar surface area (TPSA) is 41.6 Å². The summed E-state index contributed by atoms with van der Waals surface area (Å²) in [6.07, 6.45) is 7.45. The van der Waals surface area contributed by atoms with E-state index in [1.54, 1.807) is 18.4 Å². The Labute approximate surface area is 163 Å². The number of carbonyl (C=O) groups excluding carboxylic acids is 1. The van der Waals surface area contributed by atoms with E-state index in [1.165, 1.54) is 67.3 Å². The van der Waals surface area contributed by atoms with Gasteiger partial charge in [-0.3, -0.25) is 9.69 Å². The molecule has 1 amide bonds. The highest BCUT2D eigenvalue weighted by molar-refractivity contribution is 7.21. The minimum absolute atomic E-state index is 0.127. The lowest BCUT2D eigenvalue weighted by Gasteiger charge is -2.52. The second kappa shape index (κ2) is 5.71. The van der Waals surface area contributed by atoms with E-state index in [0.717, 1.165) is 10.6 Å². The number of methoxy groups -OCH3 is 1. The van der Waals surface area contributed by atoms with Crippen LogP contribution in [0.1, 0.15) is 59.7 Å². The van der Waals surface area contributed by atoms with Gasteiger partial charge >= 0.3 is 0 Å². The van der Waals surface area contributed by atoms with E-state index in [1.807, 2.05) is 0 Å². The molecule has 1 aromatic carbocycles. The molecule has 2 aromatic rings. The molecular weight excluding hydrogens is 356 g/mol. The minimum atomic E-state index is 0.127. The van der Waals surface area contributed by atoms with Gasteiger partial charge in [0.15, 0.2) is 0 Å². The number of carbonyl (C=O) groups is 1. The Morgan fingerprint density at radius 3 is 2.67 bits per heavy atom. The molecule has 2 aliphatic carbocycles. The zero-order valence-electron chi connectivity index (χ0n) is 15.8. The van der Waals surface area contributed by atoms with Gasteiger partial charge < -0.3 is 10.1 Å². The van der Waals surface area contributed by atoms with Gasteiger partial charge in [-0.2, -0.15) is 0 Å². The molecule has 1 atom stereocenters. The van der Waals surface area contributed by atoms with Crippen molar-refractivity contribution in [1.29, 1.82) is 0 Å². The first kappa shape index (κ1) is 16.4. The molecule has 1 aromatic heterocycles. The second-order valence-electron chi connectivity index (χ2n) is 8.86. The third-order valence-corrected chi connectivity index (χ3v) is 8.57. The van der Waals surface area contributed by atoms with Crippen molar-refractivity contribution in [3.05, 3.63) is 28.6 Å². The zero-order valence-corrected chi connectivity index (χ0v) is 16.6. The number of ether oxygens (including phenoxy) is 1. The Morgan fingerprint density at radius 2 is 2.00 bits per heavy atom. The maximum atomic E-state index is 13.2. The Morgan fingerprint density at radius 1 is 1.22 bits per heavy atom. The molecule has 1 N–H and O–H groups in total. The predicted molar refractivity (Wildman–Crippen MR) is 108 cm³/mol. The summed E-state index contributed by atoms with van der Waals surface area (Å²) in [5.74, 6) is 2.38. The van der Waals surface area contributed by atoms with Crippen molar-refractivity contribution in [2.45, 2.75) is 56.0 Å². The van der Waals surface area contributed by atoms with E-state index < -0.39 is 0 Å². The molecule has 1 spiro atoms. The maximum Gasteiger partial charge on any atom is 0.261 e. The van der Waals surface area contributed by atoms with Crippen LogP contribution in [0.4, 0.5) is 0 Å². The van der Waals surface area contributed by atoms with E-state index >= 15 is 0 Å². The number of hydrogen-bond acceptors (Lipinski definition) is 4. The standard InChI is InChI=1S/C22H26N2O2S/c1-26-16-5-4-15-12-17(27-19(15)18(16)13-2-3-13)21(25)23-20-14-6-10-24(11-7-14)22(20)8-9-22/h4-5,12-14,20H,2-3,6-11H2,1H3,(H,23,25)/t20-/m1/s1. The molecular formula is C22H26N2O2S. The molecule has 5 aliphatic rings. The smallest absolute Gasteiger partial charge is 0.261 e. The monoisotopic (exact) mass is 382 g/mol. The normalized spacial score (nSPS) is 30.6. The van der Waals surface area contributed by atoms with Gasteiger partial charge in [0.1, 0.15) is 5.75 Å². The van der Waals surface area contributed by atoms with E-state index in [2.05, 4.69) is 28.4 Å². The van der Waals surface area contributed by atoms with Crippen molar-refractivity contribution in [1.82, 2.24) is 10.2 Å². The van der Waals surface area contributed by atoms with Crippen LogP contribution in [0.25, 0.3) is 10.1 Å². The van der Waals surface area contributed by atoms with Gasteiger partial charge in [-0.25, -0.2) is 0 Å². The van der Waals surface area contributed by atoms with Gasteiger partial charge in [0.25, 0.3) is 5.91 Å². The van der Waals surface area contributed by atoms with Crippen LogP contribution in [-0.2, 0) is 0 Å². The minimum Gasteiger partial charge on any atom is -0.496 e. The summed E-state index contributed by atoms with van der Waals surface area (Å²) in [4.78, 5) is 16.7. The van der Waals surface area contributed by atoms with Gasteiger partial charge in [0.05, 0.1) is 18.0 Å². The Balaban J connectivity index is 1.32. The van der Waals surface area contributed by atoms with Crippen molar-refractivity contribution in [3.63, 3.8) is 0 Å². The lowest BCUT2D eigenvalue weighted by Crippen LogP contribution is -2.65. The average Bonchev–Trinajstić information content (AvgIpc) is 3.62. The number of amides is 1. The lowest BCUT2D eigenvalue weighted by atomic mass is 9.77. The molecule has 7 rings (SSSR count). The lowest BCUT2D eigenvalue weighted by molar-refractivity contribution is -0.00138. The molecule has 5 heteroatoms. The summed E-state index contributed by atoms with van der Waals surface area (Å²) in [6, 6.07) is 6.60. The van der Waals surface area contributed by atoms with E-state index in [9.17, 15) is 4.79 Å². The van der Waals surface area contributed by atoms with Crippen LogP contribution in [0, 0.1) is 5.92 Å². The van der Waals surface area contributed by atoms with Crippen LogP contribution in [-0.4, -0.2) is 42.6 Å². The van der Waals surface area contributed by atoms with E-state index in [4.69, 9.17) is 4.74 Å². The molecule has 3 saturated heterocycles. The number of nitrogens with one attached hydrogen (secondary N) is 1. The highest BCUT2D eigenvalue weighted by Crippen LogP contribution is 2.54. The predicted octanol–water partition coefficient (Wildman–Crippen LogP) is 4.14. The van der Waals surface area contributed by atoms with Crippen LogP contribution in [0.3, 0.4) is 0 Å². The summed E-state index contributed by atoms with van der Waals surface area (Å²) in [7, 11) is 1.75. The third-order valence-electron chi connectivity index (χ3n) is 7.38. The summed E-state index contributed by atoms with van der Waals surface area (Å²) in [5, 5.41) is 4.66. The largest absolute Gasteiger partial charge is 0.496 e. The number of nitrogens with zero attached hydrogens (tertiary/aromatic N) is 1. The summed E-state index contributed by atoms with van der Waals surface area (Å²) in [5.41, 5.74) is 1.61. The summed E-state index contributed by atoms with van der Waals surface area (Å²) in [6.45, 7) is 2.45. The Kier molecular flexibility index (Phi) is 3.46. The first-order valence-corrected chi connectivity index (χ1v) is 11.2. The quantitative estimate of drug-likeness (QED) is 0.864. The molecule has 3 aliphatic heterocycles. The van der Waals surface area contributed by atoms with E-state index in [-0.39, 0.29) is 11.4 Å². The number of rotatable bonds is 4. The summed E-state index contributed by atoms with van der Waals surface area (Å²) >= 11 is 1.65. The fraction of sp³-hybridized carbons (Fsp3) is 0.591. The number of piperidine rings is 3. The zero-order chi connectivity index (χ0) is 18.2. The first-order chi connectivity index (χ1) is 13.2. The van der Waals surface area contributed by atoms with Crippen molar-refractivity contribution < 1.29 is 9.53 Å². The van der Waals surface area contributed by atoms with Crippen molar-refractivity contribution >= 4 is 27.3 Å². The molecule has 4 heterocycles. The number of fused-ring (bicyclic) bond motifs is 3. The highest BCUT2D eigenvalue weighted by Gasteiger charge is 2.60. The fourth-order valence-corrected chi connectivity index (χ4v) is 6.87. The third kappa shape index (κ3) is 2.40. The van der Waals surface area contributed by atoms with Gasteiger partial charge in [-0.05, 0) is 87.0 Å². The molecule has 2 bridgehead atoms. The van der Waals surface area contributed by atoms with Crippen molar-refractivity contribution in [2.24, 2.45) is 5.92 Å². The molecule has 4 nitrogen and oxygen atoms in total. The number of hydrogen-bond donors (Lipinski definition) is 1.